The van der Waals surface area contributed by atoms with Gasteiger partial charge in [-0.1, -0.05) is 18.1 Å². The number of hydrogen-bond donors (Lipinski definition) is 2. The van der Waals surface area contributed by atoms with Crippen molar-refractivity contribution in [2.45, 2.75) is 0 Å². The summed E-state index contributed by atoms with van der Waals surface area (Å²) in [4.78, 5) is 0. The van der Waals surface area contributed by atoms with Crippen LogP contribution < -0.4 is 11.5 Å². The van der Waals surface area contributed by atoms with E-state index in [1.165, 1.54) is 11.5 Å². The van der Waals surface area contributed by atoms with Crippen LogP contribution in [-0.2, 0) is 0 Å². The third-order valence-corrected chi connectivity index (χ3v) is 2.72. The van der Waals surface area contributed by atoms with Crippen LogP contribution in [-0.4, -0.2) is 4.37 Å². The molecule has 1 heterocycles. The van der Waals surface area contributed by atoms with E-state index >= 15 is 0 Å². The maximum Gasteiger partial charge on any atom is 0.123 e. The van der Waals surface area contributed by atoms with E-state index in [1.807, 2.05) is 24.3 Å². The predicted molar refractivity (Wildman–Crippen MR) is 64.3 cm³/mol. The lowest BCUT2D eigenvalue weighted by atomic mass is 10.1. The van der Waals surface area contributed by atoms with Gasteiger partial charge in [0, 0.05) is 11.3 Å². The normalized spacial score (nSPS) is 9.80. The van der Waals surface area contributed by atoms with E-state index in [4.69, 9.17) is 17.9 Å². The first-order valence-electron chi connectivity index (χ1n) is 4.30. The molecule has 0 bridgehead atoms. The van der Waals surface area contributed by atoms with Crippen LogP contribution in [0.15, 0.2) is 24.3 Å². The minimum atomic E-state index is 0.573. The monoisotopic (exact) mass is 215 g/mol. The molecule has 0 saturated carbocycles. The van der Waals surface area contributed by atoms with E-state index in [9.17, 15) is 0 Å². The molecule has 15 heavy (non-hydrogen) atoms. The summed E-state index contributed by atoms with van der Waals surface area (Å²) in [5.41, 5.74) is 14.4. The summed E-state index contributed by atoms with van der Waals surface area (Å²) >= 11 is 1.21. The molecule has 0 aliphatic carbocycles. The summed E-state index contributed by atoms with van der Waals surface area (Å²) < 4.78 is 4.22. The highest BCUT2D eigenvalue weighted by Crippen LogP contribution is 2.29. The zero-order valence-electron chi connectivity index (χ0n) is 7.90. The van der Waals surface area contributed by atoms with Crippen LogP contribution >= 0.6 is 11.5 Å². The topological polar surface area (TPSA) is 64.9 Å². The first kappa shape index (κ1) is 9.56. The number of benzene rings is 1. The molecule has 1 aromatic carbocycles. The lowest BCUT2D eigenvalue weighted by Crippen LogP contribution is -1.87. The molecule has 3 nitrogen and oxygen atoms in total. The molecule has 0 amide bonds. The maximum absolute atomic E-state index is 5.71. The number of rotatable bonds is 1. The molecule has 0 atom stereocenters. The Kier molecular flexibility index (Phi) is 2.32. The van der Waals surface area contributed by atoms with Gasteiger partial charge in [0.15, 0.2) is 0 Å². The Bertz CT molecular complexity index is 520. The number of nitrogens with two attached hydrogens (primary N) is 2. The summed E-state index contributed by atoms with van der Waals surface area (Å²) in [6.45, 7) is 0. The van der Waals surface area contributed by atoms with Crippen molar-refractivity contribution in [2.24, 2.45) is 0 Å². The molecule has 0 radical (unpaired) electrons. The number of hydrogen-bond acceptors (Lipinski definition) is 4. The van der Waals surface area contributed by atoms with Crippen molar-refractivity contribution in [1.29, 1.82) is 0 Å². The van der Waals surface area contributed by atoms with E-state index in [0.29, 0.717) is 16.3 Å². The zero-order chi connectivity index (χ0) is 10.8. The van der Waals surface area contributed by atoms with Crippen molar-refractivity contribution in [2.75, 3.05) is 11.5 Å². The summed E-state index contributed by atoms with van der Waals surface area (Å²) in [7, 11) is 0. The molecule has 0 aliphatic rings. The summed E-state index contributed by atoms with van der Waals surface area (Å²) in [6.07, 6.45) is 5.38. The zero-order valence-corrected chi connectivity index (χ0v) is 8.71. The second-order valence-electron chi connectivity index (χ2n) is 3.04. The standard InChI is InChI=1S/C11H9N3S/c1-2-9-10(14-15-11(9)13)7-3-5-8(12)6-4-7/h1,3-6H,12-13H2. The Labute approximate surface area is 91.9 Å². The number of anilines is 2. The van der Waals surface area contributed by atoms with Gasteiger partial charge >= 0.3 is 0 Å². The Morgan fingerprint density at radius 2 is 1.87 bits per heavy atom. The van der Waals surface area contributed by atoms with E-state index in [-0.39, 0.29) is 0 Å². The number of nitrogens with zero attached hydrogens (tertiary/aromatic N) is 1. The van der Waals surface area contributed by atoms with Crippen LogP contribution in [0.2, 0.25) is 0 Å². The van der Waals surface area contributed by atoms with Gasteiger partial charge in [0.1, 0.15) is 10.7 Å². The molecule has 0 saturated heterocycles. The van der Waals surface area contributed by atoms with Gasteiger partial charge in [-0.15, -0.1) is 6.42 Å². The van der Waals surface area contributed by atoms with Crippen molar-refractivity contribution in [3.8, 4) is 23.6 Å². The molecule has 4 N–H and O–H groups in total. The predicted octanol–water partition coefficient (Wildman–Crippen LogP) is 1.96. The van der Waals surface area contributed by atoms with E-state index in [1.54, 1.807) is 0 Å². The smallest absolute Gasteiger partial charge is 0.123 e. The first-order chi connectivity index (χ1) is 7.22. The molecule has 0 aliphatic heterocycles. The summed E-state index contributed by atoms with van der Waals surface area (Å²) in [6, 6.07) is 7.38. The van der Waals surface area contributed by atoms with Gasteiger partial charge in [0.25, 0.3) is 0 Å². The number of nitrogen functional groups attached to an aromatic ring is 2. The van der Waals surface area contributed by atoms with Gasteiger partial charge in [-0.25, -0.2) is 0 Å². The second kappa shape index (κ2) is 3.64. The van der Waals surface area contributed by atoms with E-state index in [2.05, 4.69) is 10.3 Å². The lowest BCUT2D eigenvalue weighted by Gasteiger charge is -1.98. The fourth-order valence-corrected chi connectivity index (χ4v) is 1.91. The van der Waals surface area contributed by atoms with Gasteiger partial charge in [-0.3, -0.25) is 0 Å². The molecule has 74 valence electrons. The van der Waals surface area contributed by atoms with Crippen molar-refractivity contribution in [1.82, 2.24) is 4.37 Å². The SMILES string of the molecule is C#Cc1c(-c2ccc(N)cc2)nsc1N. The molecule has 0 fully saturated rings. The largest absolute Gasteiger partial charge is 0.399 e. The molecule has 2 rings (SSSR count). The van der Waals surface area contributed by atoms with Crippen LogP contribution in [0.4, 0.5) is 10.7 Å². The maximum atomic E-state index is 5.71. The van der Waals surface area contributed by atoms with Crippen molar-refractivity contribution < 1.29 is 0 Å². The van der Waals surface area contributed by atoms with Gasteiger partial charge in [0.05, 0.1) is 5.56 Å². The Morgan fingerprint density at radius 1 is 1.20 bits per heavy atom. The fraction of sp³-hybridized carbons (Fsp3) is 0. The van der Waals surface area contributed by atoms with Crippen LogP contribution in [0.5, 0.6) is 0 Å². The summed E-state index contributed by atoms with van der Waals surface area (Å²) in [5.74, 6) is 2.55. The molecule has 4 heteroatoms. The Morgan fingerprint density at radius 3 is 2.47 bits per heavy atom. The second-order valence-corrected chi connectivity index (χ2v) is 3.84. The van der Waals surface area contributed by atoms with Gasteiger partial charge in [-0.2, -0.15) is 4.37 Å². The first-order valence-corrected chi connectivity index (χ1v) is 5.07. The Balaban J connectivity index is 2.55. The van der Waals surface area contributed by atoms with Crippen molar-refractivity contribution >= 4 is 22.2 Å². The number of aromatic nitrogens is 1. The third-order valence-electron chi connectivity index (χ3n) is 2.05. The minimum absolute atomic E-state index is 0.573. The lowest BCUT2D eigenvalue weighted by molar-refractivity contribution is 1.51. The van der Waals surface area contributed by atoms with Crippen LogP contribution in [0, 0.1) is 12.3 Å². The van der Waals surface area contributed by atoms with Crippen LogP contribution in [0.1, 0.15) is 5.56 Å². The third kappa shape index (κ3) is 1.65. The van der Waals surface area contributed by atoms with E-state index in [0.717, 1.165) is 11.3 Å². The number of terminal acetylenes is 1. The van der Waals surface area contributed by atoms with Gasteiger partial charge < -0.3 is 11.5 Å². The summed E-state index contributed by atoms with van der Waals surface area (Å²) in [5, 5.41) is 0.573. The van der Waals surface area contributed by atoms with Crippen LogP contribution in [0.3, 0.4) is 0 Å². The molecule has 1 aromatic heterocycles. The van der Waals surface area contributed by atoms with Crippen molar-refractivity contribution in [3.05, 3.63) is 29.8 Å². The average molecular weight is 215 g/mol. The van der Waals surface area contributed by atoms with E-state index < -0.39 is 0 Å². The minimum Gasteiger partial charge on any atom is -0.399 e. The molecular weight excluding hydrogens is 206 g/mol. The highest BCUT2D eigenvalue weighted by molar-refractivity contribution is 7.10. The molecule has 0 unspecified atom stereocenters. The molecule has 2 aromatic rings. The molecular formula is C11H9N3S. The quantitative estimate of drug-likeness (QED) is 0.564. The fourth-order valence-electron chi connectivity index (χ4n) is 1.28. The Hall–Kier alpha value is -1.99. The molecule has 0 spiro atoms. The highest BCUT2D eigenvalue weighted by atomic mass is 32.1. The van der Waals surface area contributed by atoms with Gasteiger partial charge in [0.2, 0.25) is 0 Å². The highest BCUT2D eigenvalue weighted by Gasteiger charge is 2.10. The van der Waals surface area contributed by atoms with Gasteiger partial charge in [-0.05, 0) is 23.7 Å². The van der Waals surface area contributed by atoms with Crippen LogP contribution in [0.25, 0.3) is 11.3 Å². The average Bonchev–Trinajstić information content (AvgIpc) is 2.61. The van der Waals surface area contributed by atoms with Crippen molar-refractivity contribution in [3.63, 3.8) is 0 Å².